The molecule has 4 rings (SSSR count). The fourth-order valence-electron chi connectivity index (χ4n) is 3.75. The maximum Gasteiger partial charge on any atom is 0.123 e. The Morgan fingerprint density at radius 1 is 1.25 bits per heavy atom. The minimum Gasteiger partial charge on any atom is -0.320 e. The Morgan fingerprint density at radius 2 is 2.12 bits per heavy atom. The summed E-state index contributed by atoms with van der Waals surface area (Å²) in [4.78, 5) is 6.64. The van der Waals surface area contributed by atoms with E-state index >= 15 is 0 Å². The van der Waals surface area contributed by atoms with Crippen LogP contribution in [0.1, 0.15) is 29.8 Å². The van der Waals surface area contributed by atoms with E-state index in [-0.39, 0.29) is 5.82 Å². The summed E-state index contributed by atoms with van der Waals surface area (Å²) in [6, 6.07) is 10.9. The highest BCUT2D eigenvalue weighted by molar-refractivity contribution is 5.89. The molecule has 1 aromatic carbocycles. The molecule has 0 spiro atoms. The summed E-state index contributed by atoms with van der Waals surface area (Å²) in [7, 11) is 2.12. The first-order valence-electron chi connectivity index (χ1n) is 8.23. The monoisotopic (exact) mass is 321 g/mol. The van der Waals surface area contributed by atoms with Crippen molar-refractivity contribution in [2.45, 2.75) is 19.4 Å². The molecule has 4 heteroatoms. The van der Waals surface area contributed by atoms with Crippen LogP contribution in [0.5, 0.6) is 0 Å². The van der Waals surface area contributed by atoms with E-state index in [0.29, 0.717) is 5.92 Å². The fourth-order valence-corrected chi connectivity index (χ4v) is 3.75. The van der Waals surface area contributed by atoms with Gasteiger partial charge in [0.1, 0.15) is 5.82 Å². The van der Waals surface area contributed by atoms with Gasteiger partial charge >= 0.3 is 0 Å². The third-order valence-corrected chi connectivity index (χ3v) is 4.67. The van der Waals surface area contributed by atoms with Gasteiger partial charge in [-0.3, -0.25) is 4.98 Å². The smallest absolute Gasteiger partial charge is 0.123 e. The third kappa shape index (κ3) is 2.53. The topological polar surface area (TPSA) is 21.1 Å². The summed E-state index contributed by atoms with van der Waals surface area (Å²) in [6.45, 7) is 4.09. The summed E-state index contributed by atoms with van der Waals surface area (Å²) in [5.41, 5.74) is 4.48. The van der Waals surface area contributed by atoms with Gasteiger partial charge in [0, 0.05) is 42.5 Å². The first-order chi connectivity index (χ1) is 11.6. The standard InChI is InChI=1S/C20H20FN3/c1-14-12-23(2)13-18-17-11-15(21)6-7-19(17)24(20(14)18)10-8-16-5-3-4-9-22-16/h3-11,14H,12-13H2,1-2H3/b10-8+. The summed E-state index contributed by atoms with van der Waals surface area (Å²) >= 11 is 0. The van der Waals surface area contributed by atoms with E-state index in [1.807, 2.05) is 30.3 Å². The number of aromatic nitrogens is 2. The SMILES string of the molecule is CC1CN(C)Cc2c1n(/C=C/c1ccccn1)c1ccc(F)cc21. The van der Waals surface area contributed by atoms with Gasteiger partial charge in [-0.15, -0.1) is 0 Å². The molecule has 24 heavy (non-hydrogen) atoms. The molecule has 0 N–H and O–H groups in total. The van der Waals surface area contributed by atoms with Gasteiger partial charge in [0.25, 0.3) is 0 Å². The van der Waals surface area contributed by atoms with E-state index in [1.165, 1.54) is 17.3 Å². The summed E-state index contributed by atoms with van der Waals surface area (Å²) in [5.74, 6) is 0.208. The van der Waals surface area contributed by atoms with Crippen molar-refractivity contribution in [1.82, 2.24) is 14.5 Å². The molecule has 3 aromatic rings. The molecule has 0 fully saturated rings. The lowest BCUT2D eigenvalue weighted by molar-refractivity contribution is 0.286. The molecule has 1 unspecified atom stereocenters. The van der Waals surface area contributed by atoms with Crippen molar-refractivity contribution in [3.8, 4) is 0 Å². The van der Waals surface area contributed by atoms with Crippen LogP contribution in [-0.4, -0.2) is 28.0 Å². The number of pyridine rings is 1. The van der Waals surface area contributed by atoms with Crippen LogP contribution in [0, 0.1) is 5.82 Å². The molecular formula is C20H20FN3. The van der Waals surface area contributed by atoms with Crippen LogP contribution in [0.25, 0.3) is 23.2 Å². The number of benzene rings is 1. The zero-order valence-electron chi connectivity index (χ0n) is 13.9. The summed E-state index contributed by atoms with van der Waals surface area (Å²) in [5, 5.41) is 1.01. The Kier molecular flexibility index (Phi) is 3.69. The van der Waals surface area contributed by atoms with Gasteiger partial charge in [0.2, 0.25) is 0 Å². The van der Waals surface area contributed by atoms with Crippen LogP contribution in [0.15, 0.2) is 42.6 Å². The number of hydrogen-bond donors (Lipinski definition) is 0. The first-order valence-corrected chi connectivity index (χ1v) is 8.23. The van der Waals surface area contributed by atoms with Crippen LogP contribution in [0.3, 0.4) is 0 Å². The van der Waals surface area contributed by atoms with Crippen molar-refractivity contribution in [1.29, 1.82) is 0 Å². The molecule has 0 aliphatic carbocycles. The van der Waals surface area contributed by atoms with Crippen molar-refractivity contribution in [2.75, 3.05) is 13.6 Å². The second kappa shape index (κ2) is 5.87. The molecule has 3 heterocycles. The van der Waals surface area contributed by atoms with E-state index in [2.05, 4.69) is 34.6 Å². The summed E-state index contributed by atoms with van der Waals surface area (Å²) < 4.78 is 16.0. The highest BCUT2D eigenvalue weighted by atomic mass is 19.1. The lowest BCUT2D eigenvalue weighted by atomic mass is 9.97. The third-order valence-electron chi connectivity index (χ3n) is 4.67. The highest BCUT2D eigenvalue weighted by Gasteiger charge is 2.26. The average molecular weight is 321 g/mol. The van der Waals surface area contributed by atoms with Crippen LogP contribution < -0.4 is 0 Å². The predicted octanol–water partition coefficient (Wildman–Crippen LogP) is 4.35. The Bertz CT molecular complexity index is 912. The van der Waals surface area contributed by atoms with E-state index < -0.39 is 0 Å². The number of halogens is 1. The van der Waals surface area contributed by atoms with Crippen molar-refractivity contribution < 1.29 is 4.39 Å². The van der Waals surface area contributed by atoms with Gasteiger partial charge < -0.3 is 9.47 Å². The molecular weight excluding hydrogens is 301 g/mol. The minimum absolute atomic E-state index is 0.183. The maximum absolute atomic E-state index is 13.8. The van der Waals surface area contributed by atoms with Gasteiger partial charge in [-0.2, -0.15) is 0 Å². The van der Waals surface area contributed by atoms with Crippen LogP contribution in [0.2, 0.25) is 0 Å². The average Bonchev–Trinajstić information content (AvgIpc) is 2.87. The Balaban J connectivity index is 1.91. The second-order valence-electron chi connectivity index (χ2n) is 6.56. The highest BCUT2D eigenvalue weighted by Crippen LogP contribution is 2.36. The van der Waals surface area contributed by atoms with Gasteiger partial charge in [0.15, 0.2) is 0 Å². The quantitative estimate of drug-likeness (QED) is 0.699. The molecule has 1 aliphatic heterocycles. The zero-order valence-corrected chi connectivity index (χ0v) is 13.9. The molecule has 1 atom stereocenters. The van der Waals surface area contributed by atoms with E-state index in [1.54, 1.807) is 12.3 Å². The molecule has 1 aliphatic rings. The van der Waals surface area contributed by atoms with Crippen molar-refractivity contribution in [3.63, 3.8) is 0 Å². The first kappa shape index (κ1) is 15.1. The summed E-state index contributed by atoms with van der Waals surface area (Å²) in [6.07, 6.45) is 5.85. The van der Waals surface area contributed by atoms with Gasteiger partial charge in [-0.05, 0) is 49.0 Å². The molecule has 0 saturated heterocycles. The van der Waals surface area contributed by atoms with E-state index in [4.69, 9.17) is 0 Å². The molecule has 0 radical (unpaired) electrons. The zero-order chi connectivity index (χ0) is 16.7. The predicted molar refractivity (Wildman–Crippen MR) is 96.1 cm³/mol. The van der Waals surface area contributed by atoms with Gasteiger partial charge in [-0.25, -0.2) is 4.39 Å². The normalized spacial score (nSPS) is 18.4. The second-order valence-corrected chi connectivity index (χ2v) is 6.56. The fraction of sp³-hybridized carbons (Fsp3) is 0.250. The molecule has 0 bridgehead atoms. The Morgan fingerprint density at radius 3 is 2.92 bits per heavy atom. The van der Waals surface area contributed by atoms with E-state index in [9.17, 15) is 4.39 Å². The molecule has 0 amide bonds. The van der Waals surface area contributed by atoms with Gasteiger partial charge in [-0.1, -0.05) is 13.0 Å². The van der Waals surface area contributed by atoms with Crippen LogP contribution in [-0.2, 0) is 6.54 Å². The minimum atomic E-state index is -0.183. The Hall–Kier alpha value is -2.46. The molecule has 2 aromatic heterocycles. The molecule has 0 saturated carbocycles. The number of fused-ring (bicyclic) bond motifs is 3. The van der Waals surface area contributed by atoms with Crippen LogP contribution >= 0.6 is 0 Å². The van der Waals surface area contributed by atoms with Crippen molar-refractivity contribution in [3.05, 3.63) is 65.4 Å². The maximum atomic E-state index is 13.8. The largest absolute Gasteiger partial charge is 0.320 e. The number of likely N-dealkylation sites (N-methyl/N-ethyl adjacent to an activating group) is 1. The molecule has 122 valence electrons. The number of hydrogen-bond acceptors (Lipinski definition) is 2. The lowest BCUT2D eigenvalue weighted by Gasteiger charge is -2.29. The van der Waals surface area contributed by atoms with Crippen molar-refractivity contribution >= 4 is 23.2 Å². The molecule has 3 nitrogen and oxygen atoms in total. The lowest BCUT2D eigenvalue weighted by Crippen LogP contribution is -2.29. The Labute approximate surface area is 141 Å². The van der Waals surface area contributed by atoms with Crippen LogP contribution in [0.4, 0.5) is 4.39 Å². The van der Waals surface area contributed by atoms with Gasteiger partial charge in [0.05, 0.1) is 11.2 Å². The number of rotatable bonds is 2. The van der Waals surface area contributed by atoms with E-state index in [0.717, 1.165) is 29.7 Å². The van der Waals surface area contributed by atoms with Crippen molar-refractivity contribution in [2.24, 2.45) is 0 Å². The number of nitrogens with zero attached hydrogens (tertiary/aromatic N) is 3.